The topological polar surface area (TPSA) is 82.1 Å². The second kappa shape index (κ2) is 11.6. The first-order valence-electron chi connectivity index (χ1n) is 7.63. The Morgan fingerprint density at radius 3 is 2.22 bits per heavy atom. The summed E-state index contributed by atoms with van der Waals surface area (Å²) in [7, 11) is 0. The van der Waals surface area contributed by atoms with Gasteiger partial charge in [0.25, 0.3) is 0 Å². The van der Waals surface area contributed by atoms with Crippen molar-refractivity contribution in [1.29, 1.82) is 0 Å². The number of benzene rings is 1. The van der Waals surface area contributed by atoms with E-state index in [4.69, 9.17) is 14.9 Å². The van der Waals surface area contributed by atoms with Gasteiger partial charge in [-0.2, -0.15) is 4.89 Å². The molecule has 1 aromatic carbocycles. The quantitative estimate of drug-likeness (QED) is 0.190. The third-order valence-corrected chi connectivity index (χ3v) is 2.59. The van der Waals surface area contributed by atoms with Crippen LogP contribution in [0, 0.1) is 0 Å². The van der Waals surface area contributed by atoms with Crippen LogP contribution in [0.15, 0.2) is 30.3 Å². The summed E-state index contributed by atoms with van der Waals surface area (Å²) in [5.41, 5.74) is 0.810. The zero-order chi connectivity index (χ0) is 17.7. The average Bonchev–Trinajstić information content (AvgIpc) is 2.51. The van der Waals surface area contributed by atoms with E-state index in [0.29, 0.717) is 13.0 Å². The van der Waals surface area contributed by atoms with Gasteiger partial charge in [-0.25, -0.2) is 9.68 Å². The predicted octanol–water partition coefficient (Wildman–Crippen LogP) is 4.44. The number of hydrogen-bond donors (Lipinski definition) is 1. The van der Waals surface area contributed by atoms with Crippen LogP contribution in [0.2, 0.25) is 0 Å². The molecule has 130 valence electrons. The number of unbranched alkanes of at least 4 members (excludes halogenated alkanes) is 1. The lowest BCUT2D eigenvalue weighted by Gasteiger charge is -2.21. The highest BCUT2D eigenvalue weighted by molar-refractivity contribution is 5.95. The molecule has 0 heterocycles. The first kappa shape index (κ1) is 21.1. The van der Waals surface area contributed by atoms with Crippen molar-refractivity contribution in [3.63, 3.8) is 0 Å². The lowest BCUT2D eigenvalue weighted by molar-refractivity contribution is -0.406. The maximum absolute atomic E-state index is 11.0. The minimum atomic E-state index is -1.39. The van der Waals surface area contributed by atoms with E-state index in [1.54, 1.807) is 0 Å². The number of ketones is 1. The van der Waals surface area contributed by atoms with Crippen LogP contribution >= 0.6 is 0 Å². The van der Waals surface area contributed by atoms with E-state index in [1.165, 1.54) is 13.8 Å². The van der Waals surface area contributed by atoms with Gasteiger partial charge in [0.15, 0.2) is 5.78 Å². The largest absolute Gasteiger partial charge is 0.508 e. The molecule has 0 unspecified atom stereocenters. The molecule has 1 rings (SSSR count). The number of ether oxygens (including phenoxy) is 1. The fourth-order valence-corrected chi connectivity index (χ4v) is 1.44. The van der Waals surface area contributed by atoms with Gasteiger partial charge in [-0.05, 0) is 6.42 Å². The van der Waals surface area contributed by atoms with Gasteiger partial charge in [0.1, 0.15) is 0 Å². The highest BCUT2D eigenvalue weighted by Gasteiger charge is 2.24. The molecule has 0 aliphatic carbocycles. The zero-order valence-electron chi connectivity index (χ0n) is 14.2. The highest BCUT2D eigenvalue weighted by Crippen LogP contribution is 2.11. The summed E-state index contributed by atoms with van der Waals surface area (Å²) in [6.45, 7) is 7.25. The predicted molar refractivity (Wildman–Crippen MR) is 86.2 cm³/mol. The Hall–Kier alpha value is -1.92. The number of carboxylic acid groups (broad SMARTS) is 1. The van der Waals surface area contributed by atoms with Crippen LogP contribution in [0.5, 0.6) is 0 Å². The minimum absolute atomic E-state index is 0.209. The Labute approximate surface area is 137 Å². The van der Waals surface area contributed by atoms with Crippen molar-refractivity contribution in [2.24, 2.45) is 0 Å². The summed E-state index contributed by atoms with van der Waals surface area (Å²) in [4.78, 5) is 30.7. The first-order valence-corrected chi connectivity index (χ1v) is 7.63. The molecule has 1 aromatic rings. The minimum Gasteiger partial charge on any atom is -0.450 e. The summed E-state index contributed by atoms with van der Waals surface area (Å²) in [6, 6.07) is 9.34. The lowest BCUT2D eigenvalue weighted by atomic mass is 10.1. The number of rotatable bonds is 8. The number of carbonyl (C=O) groups is 2. The average molecular weight is 326 g/mol. The molecule has 0 aromatic heterocycles. The van der Waals surface area contributed by atoms with Crippen molar-refractivity contribution in [2.75, 3.05) is 6.61 Å². The summed E-state index contributed by atoms with van der Waals surface area (Å²) in [5, 5.41) is 8.29. The summed E-state index contributed by atoms with van der Waals surface area (Å²) >= 11 is 0. The summed E-state index contributed by atoms with van der Waals surface area (Å²) in [5.74, 6) is -1.04. The van der Waals surface area contributed by atoms with Crippen LogP contribution in [-0.4, -0.2) is 29.4 Å². The van der Waals surface area contributed by atoms with Crippen molar-refractivity contribution in [3.8, 4) is 0 Å². The Bertz CT molecular complexity index is 455. The third kappa shape index (κ3) is 11.3. The molecule has 0 aliphatic rings. The van der Waals surface area contributed by atoms with Gasteiger partial charge < -0.3 is 9.84 Å². The van der Waals surface area contributed by atoms with Crippen molar-refractivity contribution < 1.29 is 29.2 Å². The highest BCUT2D eigenvalue weighted by atomic mass is 17.2. The second-order valence-electron chi connectivity index (χ2n) is 5.17. The van der Waals surface area contributed by atoms with Crippen molar-refractivity contribution in [2.45, 2.75) is 52.7 Å². The van der Waals surface area contributed by atoms with E-state index in [9.17, 15) is 9.59 Å². The van der Waals surface area contributed by atoms with Crippen molar-refractivity contribution in [1.82, 2.24) is 0 Å². The molecule has 0 aliphatic heterocycles. The molecule has 0 radical (unpaired) electrons. The molecule has 0 saturated heterocycles. The molecule has 23 heavy (non-hydrogen) atoms. The molecule has 6 nitrogen and oxygen atoms in total. The van der Waals surface area contributed by atoms with Crippen LogP contribution in [0.1, 0.15) is 57.3 Å². The third-order valence-electron chi connectivity index (χ3n) is 2.59. The molecule has 0 saturated carbocycles. The van der Waals surface area contributed by atoms with E-state index < -0.39 is 11.9 Å². The fraction of sp³-hybridized carbons (Fsp3) is 0.529. The van der Waals surface area contributed by atoms with Gasteiger partial charge in [0, 0.05) is 25.8 Å². The van der Waals surface area contributed by atoms with Gasteiger partial charge in [-0.3, -0.25) is 4.79 Å². The molecular formula is C17H26O6. The van der Waals surface area contributed by atoms with Gasteiger partial charge in [0.05, 0.1) is 6.61 Å². The molecule has 6 heteroatoms. The number of carbonyl (C=O) groups excluding carboxylic acids is 1. The Morgan fingerprint density at radius 2 is 1.74 bits per heavy atom. The standard InChI is InChI=1S/C9H10O.C8H16O5/c1-2-9(10)8-6-4-3-5-7-8;1-4-5-6-11-13-8(2,3)12-7(9)10/h3-7H,2H2,1H3;4-6H2,1-3H3,(H,9,10). The van der Waals surface area contributed by atoms with Crippen LogP contribution in [0.4, 0.5) is 4.79 Å². The second-order valence-corrected chi connectivity index (χ2v) is 5.17. The lowest BCUT2D eigenvalue weighted by Crippen LogP contribution is -2.31. The molecule has 1 N–H and O–H groups in total. The number of hydrogen-bond acceptors (Lipinski definition) is 5. The molecule has 0 fully saturated rings. The van der Waals surface area contributed by atoms with Crippen LogP contribution in [-0.2, 0) is 14.5 Å². The SMILES string of the molecule is CCC(=O)c1ccccc1.CCCCOOC(C)(C)OC(=O)O. The van der Waals surface area contributed by atoms with Gasteiger partial charge in [-0.15, -0.1) is 0 Å². The van der Waals surface area contributed by atoms with Crippen molar-refractivity contribution >= 4 is 11.9 Å². The first-order chi connectivity index (χ1) is 10.8. The maximum atomic E-state index is 11.0. The zero-order valence-corrected chi connectivity index (χ0v) is 14.2. The maximum Gasteiger partial charge on any atom is 0.508 e. The molecule has 0 bridgehead atoms. The normalized spacial score (nSPS) is 10.4. The molecular weight excluding hydrogens is 300 g/mol. The van der Waals surface area contributed by atoms with Gasteiger partial charge >= 0.3 is 6.16 Å². The smallest absolute Gasteiger partial charge is 0.450 e. The van der Waals surface area contributed by atoms with E-state index in [1.807, 2.05) is 44.2 Å². The van der Waals surface area contributed by atoms with Crippen LogP contribution in [0.25, 0.3) is 0 Å². The Balaban J connectivity index is 0.000000433. The molecule has 0 spiro atoms. The number of Topliss-reactive ketones (excluding diaryl/α,β-unsaturated/α-hetero) is 1. The molecule has 0 atom stereocenters. The monoisotopic (exact) mass is 326 g/mol. The summed E-state index contributed by atoms with van der Waals surface area (Å²) in [6.07, 6.45) is 1.06. The summed E-state index contributed by atoms with van der Waals surface area (Å²) < 4.78 is 4.39. The van der Waals surface area contributed by atoms with E-state index >= 15 is 0 Å². The van der Waals surface area contributed by atoms with Crippen LogP contribution < -0.4 is 0 Å². The van der Waals surface area contributed by atoms with E-state index in [0.717, 1.165) is 18.4 Å². The van der Waals surface area contributed by atoms with Gasteiger partial charge in [-0.1, -0.05) is 50.6 Å². The fourth-order valence-electron chi connectivity index (χ4n) is 1.44. The molecule has 0 amide bonds. The van der Waals surface area contributed by atoms with Gasteiger partial charge in [0.2, 0.25) is 5.79 Å². The van der Waals surface area contributed by atoms with Crippen LogP contribution in [0.3, 0.4) is 0 Å². The Kier molecular flexibility index (Phi) is 10.7. The Morgan fingerprint density at radius 1 is 1.13 bits per heavy atom. The van der Waals surface area contributed by atoms with Crippen molar-refractivity contribution in [3.05, 3.63) is 35.9 Å². The van der Waals surface area contributed by atoms with E-state index in [2.05, 4.69) is 4.74 Å². The van der Waals surface area contributed by atoms with E-state index in [-0.39, 0.29) is 5.78 Å².